The van der Waals surface area contributed by atoms with Gasteiger partial charge in [0.2, 0.25) is 0 Å². The molecule has 1 unspecified atom stereocenters. The number of quaternary nitrogens is 1. The number of carbonyl (C=O) groups is 2. The van der Waals surface area contributed by atoms with Gasteiger partial charge in [-0.1, -0.05) is 0 Å². The lowest BCUT2D eigenvalue weighted by Gasteiger charge is -2.29. The standard InChI is InChI=1S/C12H17BrN2O4/c1-15(2,3)7-8(6-11(16)17)14-12(18)9-4-5-10(13)19-9/h4-5,8H,6-7H2,1-3H3,(H-,14,16,17,18). The molecule has 0 aromatic carbocycles. The highest BCUT2D eigenvalue weighted by molar-refractivity contribution is 9.10. The van der Waals surface area contributed by atoms with Gasteiger partial charge in [0.15, 0.2) is 10.4 Å². The quantitative estimate of drug-likeness (QED) is 0.742. The normalized spacial score (nSPS) is 13.1. The number of halogens is 1. The first-order chi connectivity index (χ1) is 8.67. The number of nitrogens with zero attached hydrogens (tertiary/aromatic N) is 1. The van der Waals surface area contributed by atoms with Gasteiger partial charge in [-0.3, -0.25) is 4.79 Å². The summed E-state index contributed by atoms with van der Waals surface area (Å²) in [6.07, 6.45) is -0.233. The average molecular weight is 333 g/mol. The minimum Gasteiger partial charge on any atom is -0.550 e. The zero-order valence-corrected chi connectivity index (χ0v) is 12.7. The maximum Gasteiger partial charge on any atom is 0.287 e. The molecule has 0 radical (unpaired) electrons. The predicted octanol–water partition coefficient (Wildman–Crippen LogP) is -0.0133. The van der Waals surface area contributed by atoms with Crippen LogP contribution in [0.15, 0.2) is 21.2 Å². The van der Waals surface area contributed by atoms with Crippen molar-refractivity contribution in [1.82, 2.24) is 5.32 Å². The number of carboxylic acids is 1. The third kappa shape index (κ3) is 5.89. The topological polar surface area (TPSA) is 82.4 Å². The molecule has 1 aromatic heterocycles. The molecule has 0 aliphatic carbocycles. The van der Waals surface area contributed by atoms with Gasteiger partial charge < -0.3 is 24.1 Å². The van der Waals surface area contributed by atoms with Gasteiger partial charge in [0.1, 0.15) is 0 Å². The first-order valence-corrected chi connectivity index (χ1v) is 6.53. The molecule has 6 nitrogen and oxygen atoms in total. The Bertz CT molecular complexity index is 465. The van der Waals surface area contributed by atoms with Crippen molar-refractivity contribution in [3.63, 3.8) is 0 Å². The summed E-state index contributed by atoms with van der Waals surface area (Å²) in [4.78, 5) is 22.6. The molecule has 0 aliphatic rings. The Morgan fingerprint density at radius 3 is 2.47 bits per heavy atom. The van der Waals surface area contributed by atoms with Gasteiger partial charge in [-0.2, -0.15) is 0 Å². The first-order valence-electron chi connectivity index (χ1n) is 5.74. The summed E-state index contributed by atoms with van der Waals surface area (Å²) in [6.45, 7) is 0.474. The number of aliphatic carboxylic acids is 1. The maximum atomic E-state index is 11.9. The van der Waals surface area contributed by atoms with E-state index in [1.807, 2.05) is 21.1 Å². The second-order valence-electron chi connectivity index (χ2n) is 5.32. The molecule has 106 valence electrons. The highest BCUT2D eigenvalue weighted by atomic mass is 79.9. The Balaban J connectivity index is 2.71. The minimum absolute atomic E-state index is 0.136. The van der Waals surface area contributed by atoms with E-state index in [0.29, 0.717) is 15.7 Å². The minimum atomic E-state index is -1.20. The van der Waals surface area contributed by atoms with Crippen LogP contribution in [0.4, 0.5) is 0 Å². The molecule has 0 spiro atoms. The molecule has 0 fully saturated rings. The Kier molecular flexibility index (Phi) is 5.13. The number of hydrogen-bond acceptors (Lipinski definition) is 4. The van der Waals surface area contributed by atoms with Gasteiger partial charge in [0, 0.05) is 12.4 Å². The maximum absolute atomic E-state index is 11.9. The highest BCUT2D eigenvalue weighted by Crippen LogP contribution is 2.14. The van der Waals surface area contributed by atoms with Crippen LogP contribution in [0.25, 0.3) is 0 Å². The van der Waals surface area contributed by atoms with Crippen molar-refractivity contribution in [2.45, 2.75) is 12.5 Å². The number of rotatable bonds is 6. The van der Waals surface area contributed by atoms with E-state index in [9.17, 15) is 14.7 Å². The molecule has 1 rings (SSSR count). The summed E-state index contributed by atoms with van der Waals surface area (Å²) in [5.74, 6) is -1.50. The van der Waals surface area contributed by atoms with Crippen molar-refractivity contribution < 1.29 is 23.6 Å². The van der Waals surface area contributed by atoms with Crippen molar-refractivity contribution in [1.29, 1.82) is 0 Å². The Morgan fingerprint density at radius 2 is 2.05 bits per heavy atom. The van der Waals surface area contributed by atoms with E-state index < -0.39 is 17.9 Å². The predicted molar refractivity (Wildman–Crippen MR) is 70.2 cm³/mol. The van der Waals surface area contributed by atoms with E-state index in [1.54, 1.807) is 6.07 Å². The molecule has 1 aromatic rings. The zero-order valence-electron chi connectivity index (χ0n) is 11.1. The number of likely N-dealkylation sites (N-methyl/N-ethyl adjacent to an activating group) is 1. The molecular weight excluding hydrogens is 316 g/mol. The van der Waals surface area contributed by atoms with E-state index in [-0.39, 0.29) is 12.2 Å². The molecule has 1 N–H and O–H groups in total. The molecule has 19 heavy (non-hydrogen) atoms. The van der Waals surface area contributed by atoms with Crippen molar-refractivity contribution in [2.75, 3.05) is 27.7 Å². The Morgan fingerprint density at radius 1 is 1.42 bits per heavy atom. The van der Waals surface area contributed by atoms with Crippen LogP contribution in [0.5, 0.6) is 0 Å². The molecular formula is C12H17BrN2O4. The smallest absolute Gasteiger partial charge is 0.287 e. The molecule has 0 aliphatic heterocycles. The summed E-state index contributed by atoms with van der Waals surface area (Å²) in [7, 11) is 5.74. The summed E-state index contributed by atoms with van der Waals surface area (Å²) in [5, 5.41) is 13.4. The van der Waals surface area contributed by atoms with E-state index in [4.69, 9.17) is 4.42 Å². The van der Waals surface area contributed by atoms with Crippen LogP contribution in [0.1, 0.15) is 17.0 Å². The van der Waals surface area contributed by atoms with Crippen LogP contribution in [0.3, 0.4) is 0 Å². The zero-order chi connectivity index (χ0) is 14.6. The van der Waals surface area contributed by atoms with Crippen molar-refractivity contribution >= 4 is 27.8 Å². The molecule has 7 heteroatoms. The van der Waals surface area contributed by atoms with Gasteiger partial charge in [-0.05, 0) is 28.1 Å². The second-order valence-corrected chi connectivity index (χ2v) is 6.10. The Labute approximate surface area is 120 Å². The summed E-state index contributed by atoms with van der Waals surface area (Å²) < 4.78 is 6.09. The number of furan rings is 1. The van der Waals surface area contributed by atoms with Crippen LogP contribution in [-0.2, 0) is 4.79 Å². The second kappa shape index (κ2) is 6.21. The van der Waals surface area contributed by atoms with Crippen LogP contribution in [-0.4, -0.2) is 50.1 Å². The fourth-order valence-corrected chi connectivity index (χ4v) is 2.02. The van der Waals surface area contributed by atoms with Gasteiger partial charge in [-0.25, -0.2) is 0 Å². The SMILES string of the molecule is C[N+](C)(C)CC(CC(=O)[O-])NC(=O)c1ccc(Br)o1. The van der Waals surface area contributed by atoms with E-state index in [0.717, 1.165) is 0 Å². The van der Waals surface area contributed by atoms with E-state index in [2.05, 4.69) is 21.2 Å². The van der Waals surface area contributed by atoms with E-state index >= 15 is 0 Å². The molecule has 0 saturated heterocycles. The summed E-state index contributed by atoms with van der Waals surface area (Å²) in [6, 6.07) is 2.60. The van der Waals surface area contributed by atoms with Gasteiger partial charge in [-0.15, -0.1) is 0 Å². The number of nitrogens with one attached hydrogen (secondary N) is 1. The fraction of sp³-hybridized carbons (Fsp3) is 0.500. The van der Waals surface area contributed by atoms with Crippen LogP contribution in [0.2, 0.25) is 0 Å². The van der Waals surface area contributed by atoms with E-state index in [1.165, 1.54) is 6.07 Å². The van der Waals surface area contributed by atoms with Crippen LogP contribution >= 0.6 is 15.9 Å². The molecule has 1 atom stereocenters. The lowest BCUT2D eigenvalue weighted by molar-refractivity contribution is -0.871. The third-order valence-electron chi connectivity index (χ3n) is 2.31. The van der Waals surface area contributed by atoms with Crippen LogP contribution < -0.4 is 10.4 Å². The number of carboxylic acid groups (broad SMARTS) is 1. The fourth-order valence-electron chi connectivity index (χ4n) is 1.72. The van der Waals surface area contributed by atoms with Gasteiger partial charge in [0.25, 0.3) is 5.91 Å². The number of amides is 1. The lowest BCUT2D eigenvalue weighted by Crippen LogP contribution is -2.50. The largest absolute Gasteiger partial charge is 0.550 e. The van der Waals surface area contributed by atoms with Crippen molar-refractivity contribution in [3.05, 3.63) is 22.6 Å². The lowest BCUT2D eigenvalue weighted by atomic mass is 10.2. The van der Waals surface area contributed by atoms with Crippen molar-refractivity contribution in [3.8, 4) is 0 Å². The monoisotopic (exact) mass is 332 g/mol. The molecule has 1 heterocycles. The number of hydrogen-bond donors (Lipinski definition) is 1. The van der Waals surface area contributed by atoms with Crippen LogP contribution in [0, 0.1) is 0 Å². The van der Waals surface area contributed by atoms with Crippen molar-refractivity contribution in [2.24, 2.45) is 0 Å². The third-order valence-corrected chi connectivity index (χ3v) is 2.74. The molecule has 0 bridgehead atoms. The summed E-state index contributed by atoms with van der Waals surface area (Å²) >= 11 is 3.10. The Hall–Kier alpha value is -1.34. The number of carbonyl (C=O) groups excluding carboxylic acids is 2. The first kappa shape index (κ1) is 15.7. The molecule has 0 saturated carbocycles. The van der Waals surface area contributed by atoms with Gasteiger partial charge in [0.05, 0.1) is 33.7 Å². The highest BCUT2D eigenvalue weighted by Gasteiger charge is 2.22. The van der Waals surface area contributed by atoms with Gasteiger partial charge >= 0.3 is 0 Å². The molecule has 1 amide bonds. The summed E-state index contributed by atoms with van der Waals surface area (Å²) in [5.41, 5.74) is 0. The average Bonchev–Trinajstić information content (AvgIpc) is 2.60.